The fourth-order valence-corrected chi connectivity index (χ4v) is 12.7. The maximum absolute atomic E-state index is 15.3. The van der Waals surface area contributed by atoms with E-state index in [1.54, 1.807) is 56.5 Å². The Labute approximate surface area is 430 Å². The molecule has 8 aliphatic heterocycles. The predicted octanol–water partition coefficient (Wildman–Crippen LogP) is 8.66. The summed E-state index contributed by atoms with van der Waals surface area (Å²) in [5.41, 5.74) is 4.44. The third-order valence-corrected chi connectivity index (χ3v) is 16.1. The van der Waals surface area contributed by atoms with Crippen LogP contribution in [0, 0.1) is 23.3 Å². The first-order chi connectivity index (χ1) is 35.9. The van der Waals surface area contributed by atoms with Crippen LogP contribution in [0.3, 0.4) is 0 Å². The number of fused-ring (bicyclic) bond motifs is 8. The number of carbonyl (C=O) groups excluding carboxylic acids is 3. The molecule has 0 bridgehead atoms. The Hall–Kier alpha value is -7.01. The summed E-state index contributed by atoms with van der Waals surface area (Å²) >= 11 is 2.87. The summed E-state index contributed by atoms with van der Waals surface area (Å²) in [7, 11) is 1.17. The van der Waals surface area contributed by atoms with Gasteiger partial charge in [0.15, 0.2) is 46.2 Å². The summed E-state index contributed by atoms with van der Waals surface area (Å²) in [6.07, 6.45) is 4.63. The highest BCUT2D eigenvalue weighted by Gasteiger charge is 2.52. The first kappa shape index (κ1) is 49.2. The van der Waals surface area contributed by atoms with Crippen molar-refractivity contribution in [3.8, 4) is 0 Å². The molecular formula is C53H46F4N6O9S2. The molecule has 2 amide bonds. The molecule has 8 heterocycles. The Morgan fingerprint density at radius 2 is 1.18 bits per heavy atom. The van der Waals surface area contributed by atoms with Crippen molar-refractivity contribution >= 4 is 41.5 Å². The number of amides is 2. The first-order valence-corrected chi connectivity index (χ1v) is 25.4. The van der Waals surface area contributed by atoms with Crippen LogP contribution >= 0.6 is 23.5 Å². The molecule has 4 aromatic carbocycles. The van der Waals surface area contributed by atoms with Crippen molar-refractivity contribution in [3.63, 3.8) is 0 Å². The van der Waals surface area contributed by atoms with Crippen LogP contribution in [0.15, 0.2) is 154 Å². The van der Waals surface area contributed by atoms with Gasteiger partial charge in [0.25, 0.3) is 11.8 Å². The van der Waals surface area contributed by atoms with Gasteiger partial charge in [-0.25, -0.2) is 22.4 Å². The van der Waals surface area contributed by atoms with Crippen LogP contribution in [0.5, 0.6) is 0 Å². The summed E-state index contributed by atoms with van der Waals surface area (Å²) in [5.74, 6) is -3.81. The zero-order valence-corrected chi connectivity index (χ0v) is 41.2. The van der Waals surface area contributed by atoms with Gasteiger partial charge < -0.3 is 38.6 Å². The van der Waals surface area contributed by atoms with Crippen LogP contribution in [0.1, 0.15) is 45.5 Å². The van der Waals surface area contributed by atoms with Gasteiger partial charge in [0.1, 0.15) is 12.3 Å². The third-order valence-electron chi connectivity index (χ3n) is 13.9. The lowest BCUT2D eigenvalue weighted by Gasteiger charge is -2.55. The van der Waals surface area contributed by atoms with Crippen LogP contribution < -0.4 is 0 Å². The average molecular weight is 1050 g/mol. The topological polar surface area (TPSA) is 137 Å². The molecule has 4 fully saturated rings. The number of morpholine rings is 2. The predicted molar refractivity (Wildman–Crippen MR) is 261 cm³/mol. The fraction of sp³-hybridized carbons (Fsp3) is 0.264. The van der Waals surface area contributed by atoms with Gasteiger partial charge in [-0.15, -0.1) is 23.5 Å². The molecule has 4 atom stereocenters. The van der Waals surface area contributed by atoms with Gasteiger partial charge in [-0.1, -0.05) is 61.7 Å². The first-order valence-electron chi connectivity index (χ1n) is 23.4. The maximum atomic E-state index is 15.3. The van der Waals surface area contributed by atoms with Gasteiger partial charge in [0.2, 0.25) is 6.79 Å². The highest BCUT2D eigenvalue weighted by atomic mass is 32.2. The number of hydrogen-bond donors (Lipinski definition) is 1. The number of thioether (sulfide) groups is 2. The number of aliphatic hydroxyl groups is 1. The Morgan fingerprint density at radius 3 is 1.70 bits per heavy atom. The molecule has 21 heteroatoms. The molecule has 0 unspecified atom stereocenters. The SMILES string of the molecule is C=C1C=CN2C(=C1O)C(=O)N1CCOC[C@H]1N2[C@@H]1c2ccccc2SCc2c1ccc(F)c2F.C=C1C=CN2C(=C1OCOC(=O)OC)C(=O)N1CCOC[C@H]1N2[C@@H]1c2ccccc2SCc2c1ccc(F)c2F. The zero-order valence-electron chi connectivity index (χ0n) is 39.6. The third kappa shape index (κ3) is 8.31. The monoisotopic (exact) mass is 1050 g/mol. The molecule has 382 valence electrons. The van der Waals surface area contributed by atoms with Gasteiger partial charge in [0.05, 0.1) is 45.6 Å². The second kappa shape index (κ2) is 20.0. The lowest BCUT2D eigenvalue weighted by Crippen LogP contribution is -2.67. The Bertz CT molecular complexity index is 3170. The number of halogens is 4. The van der Waals surface area contributed by atoms with E-state index in [1.165, 1.54) is 30.6 Å². The number of methoxy groups -OCH3 is 1. The largest absolute Gasteiger partial charge is 0.510 e. The molecule has 4 aromatic rings. The molecule has 74 heavy (non-hydrogen) atoms. The van der Waals surface area contributed by atoms with Gasteiger partial charge in [-0.3, -0.25) is 19.6 Å². The summed E-state index contributed by atoms with van der Waals surface area (Å²) in [4.78, 5) is 44.0. The van der Waals surface area contributed by atoms with Crippen molar-refractivity contribution in [3.05, 3.63) is 201 Å². The molecule has 0 radical (unpaired) electrons. The second-order valence-electron chi connectivity index (χ2n) is 17.8. The number of rotatable bonds is 5. The van der Waals surface area contributed by atoms with E-state index >= 15 is 8.78 Å². The van der Waals surface area contributed by atoms with Crippen LogP contribution in [0.2, 0.25) is 0 Å². The maximum Gasteiger partial charge on any atom is 0.510 e. The van der Waals surface area contributed by atoms with Crippen molar-refractivity contribution < 1.29 is 60.7 Å². The molecule has 8 aliphatic rings. The summed E-state index contributed by atoms with van der Waals surface area (Å²) < 4.78 is 85.9. The van der Waals surface area contributed by atoms with Crippen LogP contribution in [0.4, 0.5) is 22.4 Å². The number of aliphatic hydroxyl groups excluding tert-OH is 1. The molecule has 0 spiro atoms. The van der Waals surface area contributed by atoms with E-state index in [4.69, 9.17) is 18.9 Å². The standard InChI is InChI=1S/C28H25F2N3O6S.C25H21F2N3O3S/c1-16-9-10-32-25(26(16)38-15-39-28(35)36-2)27(34)31-11-12-37-13-22(31)33(32)24-17-7-8-20(29)23(30)19(17)14-40-21-6-4-3-5-18(21)24;1-14-8-9-29-23(24(14)31)25(32)28-10-11-33-12-20(28)30(29)22-15-6-7-18(26)21(27)17(15)13-34-19-5-3-2-4-16(19)22/h3-10,22,24H,1,11-15H2,2H3;2-9,20,22,31H,1,10-13H2/t22-,24+;20-,22+/m11/s1. The normalized spacial score (nSPS) is 23.2. The number of hydrogen-bond acceptors (Lipinski definition) is 15. The molecule has 0 aromatic heterocycles. The molecule has 0 saturated carbocycles. The van der Waals surface area contributed by atoms with E-state index in [0.29, 0.717) is 48.6 Å². The minimum Gasteiger partial charge on any atom is -0.505 e. The number of carbonyl (C=O) groups is 3. The summed E-state index contributed by atoms with van der Waals surface area (Å²) in [6, 6.07) is 19.7. The van der Waals surface area contributed by atoms with Crippen molar-refractivity contribution in [2.24, 2.45) is 0 Å². The summed E-state index contributed by atoms with van der Waals surface area (Å²) in [5, 5.41) is 18.0. The minimum atomic E-state index is -0.942. The number of nitrogens with zero attached hydrogens (tertiary/aromatic N) is 6. The smallest absolute Gasteiger partial charge is 0.505 e. The van der Waals surface area contributed by atoms with Gasteiger partial charge in [-0.05, 0) is 58.7 Å². The van der Waals surface area contributed by atoms with Crippen molar-refractivity contribution in [1.82, 2.24) is 29.8 Å². The van der Waals surface area contributed by atoms with Crippen molar-refractivity contribution in [2.45, 2.75) is 45.7 Å². The highest BCUT2D eigenvalue weighted by Crippen LogP contribution is 2.50. The highest BCUT2D eigenvalue weighted by molar-refractivity contribution is 7.98. The minimum absolute atomic E-state index is 0.0872. The van der Waals surface area contributed by atoms with Gasteiger partial charge >= 0.3 is 6.16 Å². The number of benzene rings is 4. The van der Waals surface area contributed by atoms with Crippen molar-refractivity contribution in [1.29, 1.82) is 0 Å². The lowest BCUT2D eigenvalue weighted by molar-refractivity contribution is -0.190. The Morgan fingerprint density at radius 1 is 0.689 bits per heavy atom. The van der Waals surface area contributed by atoms with Crippen LogP contribution in [-0.4, -0.2) is 119 Å². The van der Waals surface area contributed by atoms with Crippen molar-refractivity contribution in [2.75, 3.05) is 53.4 Å². The average Bonchev–Trinajstić information content (AvgIpc) is 3.71. The molecule has 12 rings (SSSR count). The zero-order chi connectivity index (χ0) is 51.5. The molecule has 0 aliphatic carbocycles. The number of hydrazine groups is 2. The number of allylic oxidation sites excluding steroid dienone is 2. The van der Waals surface area contributed by atoms with Crippen LogP contribution in [0.25, 0.3) is 0 Å². The van der Waals surface area contributed by atoms with Gasteiger partial charge in [0, 0.05) is 69.1 Å². The number of ether oxygens (including phenoxy) is 5. The molecule has 4 saturated heterocycles. The van der Waals surface area contributed by atoms with E-state index in [0.717, 1.165) is 33.1 Å². The van der Waals surface area contributed by atoms with E-state index in [2.05, 4.69) is 17.9 Å². The Balaban J connectivity index is 0.000000161. The molecule has 15 nitrogen and oxygen atoms in total. The summed E-state index contributed by atoms with van der Waals surface area (Å²) in [6.45, 7) is 9.10. The van der Waals surface area contributed by atoms with Crippen LogP contribution in [-0.2, 0) is 44.8 Å². The van der Waals surface area contributed by atoms with E-state index in [9.17, 15) is 28.3 Å². The van der Waals surface area contributed by atoms with Gasteiger partial charge in [-0.2, -0.15) is 10.0 Å². The quantitative estimate of drug-likeness (QED) is 0.116. The Kier molecular flexibility index (Phi) is 13.3. The van der Waals surface area contributed by atoms with E-state index in [-0.39, 0.29) is 70.6 Å². The van der Waals surface area contributed by atoms with E-state index < -0.39 is 60.6 Å². The van der Waals surface area contributed by atoms with E-state index in [1.807, 2.05) is 58.5 Å². The fourth-order valence-electron chi connectivity index (χ4n) is 10.4. The molecular weight excluding hydrogens is 1000 g/mol. The molecule has 1 N–H and O–H groups in total. The second-order valence-corrected chi connectivity index (χ2v) is 19.8. The lowest BCUT2D eigenvalue weighted by atomic mass is 9.92.